The molecule has 0 aromatic heterocycles. The van der Waals surface area contributed by atoms with E-state index in [1.807, 2.05) is 39.8 Å². The van der Waals surface area contributed by atoms with Crippen LogP contribution in [0.15, 0.2) is 23.2 Å². The van der Waals surface area contributed by atoms with Crippen LogP contribution in [0.1, 0.15) is 40.5 Å². The fourth-order valence-corrected chi connectivity index (χ4v) is 2.09. The lowest BCUT2D eigenvalue weighted by atomic mass is 9.73. The minimum atomic E-state index is -0.323. The fourth-order valence-electron chi connectivity index (χ4n) is 2.09. The third-order valence-electron chi connectivity index (χ3n) is 4.01. The first-order valence-electron chi connectivity index (χ1n) is 6.33. The summed E-state index contributed by atoms with van der Waals surface area (Å²) in [5.74, 6) is 0.101. The molecule has 1 aliphatic carbocycles. The Kier molecular flexibility index (Phi) is 3.15. The van der Waals surface area contributed by atoms with E-state index in [9.17, 15) is 0 Å². The zero-order valence-electron chi connectivity index (χ0n) is 11.5. The van der Waals surface area contributed by atoms with Gasteiger partial charge >= 0.3 is 7.12 Å². The molecule has 3 N–H and O–H groups in total. The number of amidine groups is 1. The molecule has 4 nitrogen and oxygen atoms in total. The van der Waals surface area contributed by atoms with Crippen LogP contribution in [0, 0.1) is 5.41 Å². The maximum absolute atomic E-state index is 7.49. The molecule has 1 heterocycles. The Morgan fingerprint density at radius 3 is 2.33 bits per heavy atom. The van der Waals surface area contributed by atoms with Crippen LogP contribution in [-0.4, -0.2) is 24.2 Å². The molecule has 2 aliphatic rings. The summed E-state index contributed by atoms with van der Waals surface area (Å²) in [5, 5.41) is 7.49. The normalized spacial score (nSPS) is 25.7. The van der Waals surface area contributed by atoms with Crippen molar-refractivity contribution >= 4 is 13.0 Å². The topological polar surface area (TPSA) is 68.3 Å². The third kappa shape index (κ3) is 2.25. The zero-order chi connectivity index (χ0) is 13.6. The minimum Gasteiger partial charge on any atom is -0.400 e. The van der Waals surface area contributed by atoms with Gasteiger partial charge in [0, 0.05) is 5.57 Å². The van der Waals surface area contributed by atoms with Gasteiger partial charge in [0.1, 0.15) is 5.84 Å². The molecule has 1 fully saturated rings. The maximum atomic E-state index is 7.49. The summed E-state index contributed by atoms with van der Waals surface area (Å²) in [6.07, 6.45) is 5.68. The number of rotatable bonds is 2. The van der Waals surface area contributed by atoms with Crippen LogP contribution < -0.4 is 5.73 Å². The first-order chi connectivity index (χ1) is 8.23. The molecule has 5 heteroatoms. The molecular weight excluding hydrogens is 227 g/mol. The quantitative estimate of drug-likeness (QED) is 0.447. The smallest absolute Gasteiger partial charge is 0.400 e. The maximum Gasteiger partial charge on any atom is 0.490 e. The van der Waals surface area contributed by atoms with Crippen molar-refractivity contribution in [3.63, 3.8) is 0 Å². The van der Waals surface area contributed by atoms with E-state index in [0.717, 1.165) is 23.9 Å². The number of allylic oxidation sites excluding steroid dienone is 2. The summed E-state index contributed by atoms with van der Waals surface area (Å²) in [6.45, 7) is 8.16. The Labute approximate surface area is 109 Å². The highest BCUT2D eigenvalue weighted by Crippen LogP contribution is 2.39. The molecule has 2 rings (SSSR count). The second-order valence-electron chi connectivity index (χ2n) is 5.92. The van der Waals surface area contributed by atoms with Gasteiger partial charge in [0.2, 0.25) is 0 Å². The molecule has 0 aromatic carbocycles. The van der Waals surface area contributed by atoms with Gasteiger partial charge in [-0.2, -0.15) is 0 Å². The summed E-state index contributed by atoms with van der Waals surface area (Å²) < 4.78 is 12.0. The van der Waals surface area contributed by atoms with Gasteiger partial charge in [0.05, 0.1) is 11.2 Å². The Bertz CT molecular complexity index is 422. The summed E-state index contributed by atoms with van der Waals surface area (Å²) >= 11 is 0. The van der Waals surface area contributed by atoms with Gasteiger partial charge in [0.25, 0.3) is 0 Å². The van der Waals surface area contributed by atoms with Crippen LogP contribution >= 0.6 is 0 Å². The highest BCUT2D eigenvalue weighted by atomic mass is 16.7. The van der Waals surface area contributed by atoms with E-state index in [1.54, 1.807) is 0 Å². The molecule has 0 aromatic rings. The Hall–Kier alpha value is -1.07. The van der Waals surface area contributed by atoms with Gasteiger partial charge in [-0.3, -0.25) is 5.41 Å². The van der Waals surface area contributed by atoms with Gasteiger partial charge in [-0.25, -0.2) is 0 Å². The third-order valence-corrected chi connectivity index (χ3v) is 4.01. The fraction of sp³-hybridized carbons (Fsp3) is 0.615. The predicted octanol–water partition coefficient (Wildman–Crippen LogP) is 2.20. The highest BCUT2D eigenvalue weighted by Gasteiger charge is 2.52. The first-order valence-corrected chi connectivity index (χ1v) is 6.33. The Balaban J connectivity index is 2.20. The van der Waals surface area contributed by atoms with E-state index in [4.69, 9.17) is 20.5 Å². The van der Waals surface area contributed by atoms with Gasteiger partial charge in [0.15, 0.2) is 0 Å². The molecule has 0 unspecified atom stereocenters. The molecule has 0 bridgehead atoms. The molecule has 1 saturated heterocycles. The second kappa shape index (κ2) is 4.25. The Morgan fingerprint density at radius 1 is 1.28 bits per heavy atom. The van der Waals surface area contributed by atoms with E-state index in [1.165, 1.54) is 0 Å². The average molecular weight is 248 g/mol. The van der Waals surface area contributed by atoms with Crippen molar-refractivity contribution in [2.45, 2.75) is 51.7 Å². The molecule has 0 spiro atoms. The monoisotopic (exact) mass is 248 g/mol. The minimum absolute atomic E-state index is 0.101. The van der Waals surface area contributed by atoms with Crippen LogP contribution in [-0.2, 0) is 9.31 Å². The van der Waals surface area contributed by atoms with Gasteiger partial charge in [-0.1, -0.05) is 12.2 Å². The summed E-state index contributed by atoms with van der Waals surface area (Å²) in [4.78, 5) is 0. The van der Waals surface area contributed by atoms with Crippen molar-refractivity contribution in [3.8, 4) is 0 Å². The van der Waals surface area contributed by atoms with Crippen molar-refractivity contribution in [1.29, 1.82) is 5.41 Å². The van der Waals surface area contributed by atoms with Crippen molar-refractivity contribution in [3.05, 3.63) is 23.2 Å². The molecular formula is C13H21BN2O2. The molecule has 0 amide bonds. The van der Waals surface area contributed by atoms with Gasteiger partial charge in [-0.05, 0) is 46.0 Å². The van der Waals surface area contributed by atoms with Crippen molar-refractivity contribution < 1.29 is 9.31 Å². The Morgan fingerprint density at radius 2 is 1.83 bits per heavy atom. The second-order valence-corrected chi connectivity index (χ2v) is 5.92. The highest BCUT2D eigenvalue weighted by molar-refractivity contribution is 6.54. The van der Waals surface area contributed by atoms with Crippen molar-refractivity contribution in [1.82, 2.24) is 0 Å². The van der Waals surface area contributed by atoms with Crippen molar-refractivity contribution in [2.75, 3.05) is 0 Å². The molecule has 1 aliphatic heterocycles. The molecule has 0 saturated carbocycles. The van der Waals surface area contributed by atoms with Crippen LogP contribution in [0.5, 0.6) is 0 Å². The van der Waals surface area contributed by atoms with Gasteiger partial charge < -0.3 is 15.0 Å². The van der Waals surface area contributed by atoms with Crippen LogP contribution in [0.2, 0.25) is 0 Å². The average Bonchev–Trinajstić information content (AvgIpc) is 2.48. The van der Waals surface area contributed by atoms with Crippen LogP contribution in [0.25, 0.3) is 0 Å². The SMILES string of the molecule is CC1(C)OB(C2=CC(C(=N)N)=CCC2)OC1(C)C. The number of hydrogen-bond donors (Lipinski definition) is 2. The number of nitrogens with one attached hydrogen (secondary N) is 1. The largest absolute Gasteiger partial charge is 0.490 e. The van der Waals surface area contributed by atoms with E-state index >= 15 is 0 Å². The number of hydrogen-bond acceptors (Lipinski definition) is 3. The first kappa shape index (κ1) is 13.4. The van der Waals surface area contributed by atoms with Crippen molar-refractivity contribution in [2.24, 2.45) is 5.73 Å². The van der Waals surface area contributed by atoms with E-state index < -0.39 is 0 Å². The zero-order valence-corrected chi connectivity index (χ0v) is 11.5. The van der Waals surface area contributed by atoms with E-state index in [2.05, 4.69) is 0 Å². The summed E-state index contributed by atoms with van der Waals surface area (Å²) in [7, 11) is -0.321. The molecule has 0 radical (unpaired) electrons. The van der Waals surface area contributed by atoms with Crippen LogP contribution in [0.3, 0.4) is 0 Å². The molecule has 0 atom stereocenters. The lowest BCUT2D eigenvalue weighted by molar-refractivity contribution is 0.00578. The van der Waals surface area contributed by atoms with E-state index in [-0.39, 0.29) is 24.2 Å². The molecule has 18 heavy (non-hydrogen) atoms. The summed E-state index contributed by atoms with van der Waals surface area (Å²) in [6, 6.07) is 0. The number of nitrogens with two attached hydrogens (primary N) is 1. The van der Waals surface area contributed by atoms with E-state index in [0.29, 0.717) is 0 Å². The van der Waals surface area contributed by atoms with Gasteiger partial charge in [-0.15, -0.1) is 0 Å². The summed E-state index contributed by atoms with van der Waals surface area (Å²) in [5.41, 5.74) is 6.72. The lowest BCUT2D eigenvalue weighted by Gasteiger charge is -2.32. The predicted molar refractivity (Wildman–Crippen MR) is 73.4 cm³/mol. The lowest BCUT2D eigenvalue weighted by Crippen LogP contribution is -2.41. The standard InChI is InChI=1S/C13H21BN2O2/c1-12(2)13(3,4)18-14(17-12)10-7-5-6-9(8-10)11(15)16/h6,8H,5,7H2,1-4H3,(H3,15,16). The molecule has 98 valence electrons. The van der Waals surface area contributed by atoms with Crippen LogP contribution in [0.4, 0.5) is 0 Å².